The number of rotatable bonds is 1. The molecule has 0 aliphatic carbocycles. The number of nitrogens with zero attached hydrogens (tertiary/aromatic N) is 2. The van der Waals surface area contributed by atoms with Gasteiger partial charge in [-0.15, -0.1) is 0 Å². The molecular weight excluding hydrogens is 163 g/mol. The third kappa shape index (κ3) is 2.01. The molecule has 0 amide bonds. The van der Waals surface area contributed by atoms with E-state index in [1.807, 2.05) is 6.20 Å². The number of ether oxygens (including phenoxy) is 1. The fourth-order valence-corrected chi connectivity index (χ4v) is 1.44. The van der Waals surface area contributed by atoms with Crippen molar-refractivity contribution in [1.82, 2.24) is 4.98 Å². The summed E-state index contributed by atoms with van der Waals surface area (Å²) in [6.07, 6.45) is 1.91. The van der Waals surface area contributed by atoms with Gasteiger partial charge in [0, 0.05) is 19.3 Å². The molecule has 1 aliphatic rings. The van der Waals surface area contributed by atoms with Crippen LogP contribution in [0.5, 0.6) is 0 Å². The summed E-state index contributed by atoms with van der Waals surface area (Å²) in [5.74, 6) is 1.06. The molecule has 1 fully saturated rings. The van der Waals surface area contributed by atoms with Gasteiger partial charge in [0.2, 0.25) is 0 Å². The smallest absolute Gasteiger partial charge is 0.141 e. The van der Waals surface area contributed by atoms with Crippen molar-refractivity contribution < 1.29 is 4.74 Å². The van der Waals surface area contributed by atoms with Crippen molar-refractivity contribution in [3.05, 3.63) is 18.3 Å². The highest BCUT2D eigenvalue weighted by Gasteiger charge is 2.11. The number of hydrogen-bond donors (Lipinski definition) is 0. The first-order valence-corrected chi connectivity index (χ1v) is 4.61. The molecule has 0 radical (unpaired) electrons. The van der Waals surface area contributed by atoms with E-state index in [2.05, 4.69) is 29.9 Å². The normalized spacial score (nSPS) is 17.4. The number of anilines is 1. The number of morpholine rings is 1. The summed E-state index contributed by atoms with van der Waals surface area (Å²) in [7, 11) is 2.05. The zero-order valence-electron chi connectivity index (χ0n) is 7.86. The van der Waals surface area contributed by atoms with Gasteiger partial charge in [-0.3, -0.25) is 0 Å². The van der Waals surface area contributed by atoms with E-state index >= 15 is 0 Å². The first-order chi connectivity index (χ1) is 6.36. The quantitative estimate of drug-likeness (QED) is 0.522. The second kappa shape index (κ2) is 3.79. The SMILES string of the molecule is Bc1ccc(N2CCOCC2)nc1. The molecule has 13 heavy (non-hydrogen) atoms. The Hall–Kier alpha value is -1.03. The predicted octanol–water partition coefficient (Wildman–Crippen LogP) is -0.823. The van der Waals surface area contributed by atoms with Crippen molar-refractivity contribution in [3.8, 4) is 0 Å². The van der Waals surface area contributed by atoms with Gasteiger partial charge in [0.25, 0.3) is 0 Å². The van der Waals surface area contributed by atoms with Crippen molar-refractivity contribution in [3.63, 3.8) is 0 Å². The van der Waals surface area contributed by atoms with E-state index in [-0.39, 0.29) is 0 Å². The Balaban J connectivity index is 2.10. The van der Waals surface area contributed by atoms with Crippen LogP contribution in [0.25, 0.3) is 0 Å². The lowest BCUT2D eigenvalue weighted by Crippen LogP contribution is -2.36. The van der Waals surface area contributed by atoms with Gasteiger partial charge >= 0.3 is 0 Å². The van der Waals surface area contributed by atoms with Crippen molar-refractivity contribution in [1.29, 1.82) is 0 Å². The second-order valence-corrected chi connectivity index (χ2v) is 3.29. The Morgan fingerprint density at radius 2 is 2.08 bits per heavy atom. The highest BCUT2D eigenvalue weighted by atomic mass is 16.5. The van der Waals surface area contributed by atoms with Crippen LogP contribution < -0.4 is 10.4 Å². The fourth-order valence-electron chi connectivity index (χ4n) is 1.44. The summed E-state index contributed by atoms with van der Waals surface area (Å²) in [6.45, 7) is 3.54. The Morgan fingerprint density at radius 3 is 2.69 bits per heavy atom. The number of aromatic nitrogens is 1. The predicted molar refractivity (Wildman–Crippen MR) is 55.4 cm³/mol. The minimum atomic E-state index is 0.815. The monoisotopic (exact) mass is 176 g/mol. The maximum atomic E-state index is 5.28. The molecule has 3 nitrogen and oxygen atoms in total. The Morgan fingerprint density at radius 1 is 1.31 bits per heavy atom. The van der Waals surface area contributed by atoms with Gasteiger partial charge in [0.15, 0.2) is 0 Å². The van der Waals surface area contributed by atoms with E-state index in [1.54, 1.807) is 0 Å². The van der Waals surface area contributed by atoms with Crippen LogP contribution in [0.15, 0.2) is 18.3 Å². The summed E-state index contributed by atoms with van der Waals surface area (Å²) < 4.78 is 5.28. The average molecular weight is 176 g/mol. The van der Waals surface area contributed by atoms with E-state index in [0.29, 0.717) is 0 Å². The molecular formula is C9H13BN2O. The number of hydrogen-bond acceptors (Lipinski definition) is 3. The van der Waals surface area contributed by atoms with Crippen molar-refractivity contribution in [2.75, 3.05) is 31.2 Å². The van der Waals surface area contributed by atoms with Crippen LogP contribution >= 0.6 is 0 Å². The fraction of sp³-hybridized carbons (Fsp3) is 0.444. The molecule has 1 aromatic rings. The van der Waals surface area contributed by atoms with Crippen LogP contribution in [-0.4, -0.2) is 39.1 Å². The molecule has 0 atom stereocenters. The summed E-state index contributed by atoms with van der Waals surface area (Å²) in [5, 5.41) is 0. The summed E-state index contributed by atoms with van der Waals surface area (Å²) in [5.41, 5.74) is 1.21. The van der Waals surface area contributed by atoms with Crippen LogP contribution in [-0.2, 0) is 4.74 Å². The molecule has 0 spiro atoms. The third-order valence-electron chi connectivity index (χ3n) is 2.23. The minimum absolute atomic E-state index is 0.815. The zero-order valence-corrected chi connectivity index (χ0v) is 7.86. The molecule has 2 heterocycles. The van der Waals surface area contributed by atoms with E-state index in [0.717, 1.165) is 32.1 Å². The van der Waals surface area contributed by atoms with E-state index in [9.17, 15) is 0 Å². The largest absolute Gasteiger partial charge is 0.378 e. The Bertz CT molecular complexity index is 269. The molecule has 0 unspecified atom stereocenters. The summed E-state index contributed by atoms with van der Waals surface area (Å²) in [4.78, 5) is 6.63. The first kappa shape index (κ1) is 8.57. The molecule has 1 saturated heterocycles. The summed E-state index contributed by atoms with van der Waals surface area (Å²) in [6, 6.07) is 4.17. The highest BCUT2D eigenvalue weighted by Crippen LogP contribution is 2.09. The van der Waals surface area contributed by atoms with Crippen LogP contribution in [0, 0.1) is 0 Å². The van der Waals surface area contributed by atoms with Gasteiger partial charge in [-0.2, -0.15) is 0 Å². The first-order valence-electron chi connectivity index (χ1n) is 4.61. The Kier molecular flexibility index (Phi) is 2.50. The highest BCUT2D eigenvalue weighted by molar-refractivity contribution is 6.32. The Labute approximate surface area is 79.1 Å². The molecule has 0 saturated carbocycles. The van der Waals surface area contributed by atoms with Crippen molar-refractivity contribution in [2.45, 2.75) is 0 Å². The molecule has 2 rings (SSSR count). The maximum absolute atomic E-state index is 5.28. The van der Waals surface area contributed by atoms with E-state index in [4.69, 9.17) is 4.74 Å². The minimum Gasteiger partial charge on any atom is -0.378 e. The average Bonchev–Trinajstić information content (AvgIpc) is 2.20. The van der Waals surface area contributed by atoms with Gasteiger partial charge in [0.1, 0.15) is 13.7 Å². The lowest BCUT2D eigenvalue weighted by Gasteiger charge is -2.27. The maximum Gasteiger partial charge on any atom is 0.141 e. The van der Waals surface area contributed by atoms with Crippen LogP contribution in [0.3, 0.4) is 0 Å². The summed E-state index contributed by atoms with van der Waals surface area (Å²) >= 11 is 0. The molecule has 4 heteroatoms. The van der Waals surface area contributed by atoms with Gasteiger partial charge in [-0.25, -0.2) is 4.98 Å². The van der Waals surface area contributed by atoms with Gasteiger partial charge in [0.05, 0.1) is 13.2 Å². The molecule has 1 aliphatic heterocycles. The molecule has 0 aromatic carbocycles. The van der Waals surface area contributed by atoms with Crippen LogP contribution in [0.1, 0.15) is 0 Å². The van der Waals surface area contributed by atoms with E-state index in [1.165, 1.54) is 5.46 Å². The molecule has 1 aromatic heterocycles. The topological polar surface area (TPSA) is 25.4 Å². The van der Waals surface area contributed by atoms with Crippen molar-refractivity contribution in [2.24, 2.45) is 0 Å². The van der Waals surface area contributed by atoms with Gasteiger partial charge in [-0.05, 0) is 6.07 Å². The van der Waals surface area contributed by atoms with Crippen LogP contribution in [0.2, 0.25) is 0 Å². The van der Waals surface area contributed by atoms with Crippen LogP contribution in [0.4, 0.5) is 5.82 Å². The second-order valence-electron chi connectivity index (χ2n) is 3.29. The lowest BCUT2D eigenvalue weighted by molar-refractivity contribution is 0.122. The molecule has 0 N–H and O–H groups in total. The number of pyridine rings is 1. The van der Waals surface area contributed by atoms with E-state index < -0.39 is 0 Å². The van der Waals surface area contributed by atoms with Crippen molar-refractivity contribution >= 4 is 19.1 Å². The molecule has 0 bridgehead atoms. The van der Waals surface area contributed by atoms with Gasteiger partial charge in [-0.1, -0.05) is 11.5 Å². The third-order valence-corrected chi connectivity index (χ3v) is 2.23. The lowest BCUT2D eigenvalue weighted by atomic mass is 9.99. The van der Waals surface area contributed by atoms with Gasteiger partial charge < -0.3 is 9.64 Å². The zero-order chi connectivity index (χ0) is 9.10. The standard InChI is InChI=1S/C9H13BN2O/c10-8-1-2-9(11-7-8)12-3-5-13-6-4-12/h1-2,7H,3-6,10H2. The molecule has 68 valence electrons.